The van der Waals surface area contributed by atoms with Gasteiger partial charge in [0, 0.05) is 6.04 Å². The summed E-state index contributed by atoms with van der Waals surface area (Å²) in [7, 11) is 0. The summed E-state index contributed by atoms with van der Waals surface area (Å²) in [6.07, 6.45) is 8.11. The van der Waals surface area contributed by atoms with Gasteiger partial charge in [-0.3, -0.25) is 0 Å². The van der Waals surface area contributed by atoms with Crippen molar-refractivity contribution in [3.8, 4) is 0 Å². The van der Waals surface area contributed by atoms with Crippen molar-refractivity contribution in [2.75, 3.05) is 0 Å². The van der Waals surface area contributed by atoms with E-state index in [4.69, 9.17) is 5.73 Å². The first kappa shape index (κ1) is 10.1. The van der Waals surface area contributed by atoms with E-state index in [0.717, 1.165) is 37.5 Å². The average molecular weight is 209 g/mol. The minimum atomic E-state index is -0.336. The highest BCUT2D eigenvalue weighted by molar-refractivity contribution is 5.10. The largest absolute Gasteiger partial charge is 0.390 e. The van der Waals surface area contributed by atoms with Crippen LogP contribution in [-0.4, -0.2) is 16.7 Å². The molecule has 0 aliphatic heterocycles. The van der Waals surface area contributed by atoms with Crippen molar-refractivity contribution >= 4 is 0 Å². The van der Waals surface area contributed by atoms with E-state index in [1.165, 1.54) is 19.3 Å². The normalized spacial score (nSPS) is 54.6. The Morgan fingerprint density at radius 2 is 1.87 bits per heavy atom. The van der Waals surface area contributed by atoms with Crippen molar-refractivity contribution in [1.29, 1.82) is 0 Å². The SMILES string of the molecule is CC[C@@H](N)C12C[C@@H]3C[C@@H](CC(O)(C3)C1)C2. The van der Waals surface area contributed by atoms with Crippen LogP contribution in [0.15, 0.2) is 0 Å². The third-order valence-electron chi connectivity index (χ3n) is 5.30. The summed E-state index contributed by atoms with van der Waals surface area (Å²) in [5, 5.41) is 10.6. The summed E-state index contributed by atoms with van der Waals surface area (Å²) >= 11 is 0. The molecule has 2 unspecified atom stereocenters. The first-order chi connectivity index (χ1) is 7.05. The second-order valence-corrected chi connectivity index (χ2v) is 6.56. The Morgan fingerprint density at radius 1 is 1.27 bits per heavy atom. The fraction of sp³-hybridized carbons (Fsp3) is 1.00. The molecule has 5 atom stereocenters. The molecule has 4 saturated carbocycles. The Kier molecular flexibility index (Phi) is 2.01. The van der Waals surface area contributed by atoms with Crippen molar-refractivity contribution < 1.29 is 5.11 Å². The Hall–Kier alpha value is -0.0800. The topological polar surface area (TPSA) is 46.2 Å². The molecule has 0 saturated heterocycles. The van der Waals surface area contributed by atoms with E-state index in [2.05, 4.69) is 6.92 Å². The third kappa shape index (κ3) is 1.38. The monoisotopic (exact) mass is 209 g/mol. The van der Waals surface area contributed by atoms with Gasteiger partial charge in [-0.05, 0) is 62.2 Å². The van der Waals surface area contributed by atoms with E-state index >= 15 is 0 Å². The zero-order valence-electron chi connectivity index (χ0n) is 9.71. The lowest BCUT2D eigenvalue weighted by Gasteiger charge is -2.62. The van der Waals surface area contributed by atoms with E-state index in [0.29, 0.717) is 11.5 Å². The van der Waals surface area contributed by atoms with Gasteiger partial charge in [-0.2, -0.15) is 0 Å². The number of hydrogen-bond donors (Lipinski definition) is 2. The lowest BCUT2D eigenvalue weighted by Crippen LogP contribution is -2.60. The number of rotatable bonds is 2. The summed E-state index contributed by atoms with van der Waals surface area (Å²) in [6, 6.07) is 0.315. The van der Waals surface area contributed by atoms with Crippen molar-refractivity contribution in [2.45, 2.75) is 63.5 Å². The Labute approximate surface area is 92.2 Å². The van der Waals surface area contributed by atoms with Gasteiger partial charge in [-0.15, -0.1) is 0 Å². The molecule has 0 radical (unpaired) electrons. The lowest BCUT2D eigenvalue weighted by atomic mass is 9.46. The van der Waals surface area contributed by atoms with E-state index in [-0.39, 0.29) is 5.60 Å². The van der Waals surface area contributed by atoms with Crippen LogP contribution in [0.3, 0.4) is 0 Å². The summed E-state index contributed by atoms with van der Waals surface area (Å²) in [4.78, 5) is 0. The predicted octanol–water partition coefficient (Wildman–Crippen LogP) is 2.06. The van der Waals surface area contributed by atoms with Crippen molar-refractivity contribution in [3.05, 3.63) is 0 Å². The Bertz CT molecular complexity index is 262. The van der Waals surface area contributed by atoms with Crippen molar-refractivity contribution in [3.63, 3.8) is 0 Å². The molecule has 0 aromatic heterocycles. The molecule has 0 spiro atoms. The highest BCUT2D eigenvalue weighted by Gasteiger charge is 2.58. The van der Waals surface area contributed by atoms with Crippen molar-refractivity contribution in [2.24, 2.45) is 23.0 Å². The maximum absolute atomic E-state index is 10.6. The number of hydrogen-bond acceptors (Lipinski definition) is 2. The molecule has 4 aliphatic carbocycles. The molecule has 0 aromatic rings. The highest BCUT2D eigenvalue weighted by atomic mass is 16.3. The van der Waals surface area contributed by atoms with E-state index < -0.39 is 0 Å². The molecular formula is C13H23NO. The molecule has 4 aliphatic rings. The fourth-order valence-electron chi connectivity index (χ4n) is 5.15. The Morgan fingerprint density at radius 3 is 2.33 bits per heavy atom. The maximum atomic E-state index is 10.6. The zero-order chi connectivity index (χ0) is 10.7. The van der Waals surface area contributed by atoms with Crippen LogP contribution in [0.1, 0.15) is 51.9 Å². The van der Waals surface area contributed by atoms with Gasteiger partial charge in [0.1, 0.15) is 0 Å². The molecule has 0 heterocycles. The summed E-state index contributed by atoms with van der Waals surface area (Å²) in [5.41, 5.74) is 6.28. The number of aliphatic hydroxyl groups is 1. The molecule has 4 bridgehead atoms. The average Bonchev–Trinajstić information content (AvgIpc) is 2.12. The van der Waals surface area contributed by atoms with Crippen LogP contribution in [0.2, 0.25) is 0 Å². The van der Waals surface area contributed by atoms with Gasteiger partial charge in [0.25, 0.3) is 0 Å². The second kappa shape index (κ2) is 2.98. The Balaban J connectivity index is 1.92. The van der Waals surface area contributed by atoms with Crippen LogP contribution in [0.25, 0.3) is 0 Å². The minimum Gasteiger partial charge on any atom is -0.390 e. The minimum absolute atomic E-state index is 0.299. The number of nitrogens with two attached hydrogens (primary N) is 1. The summed E-state index contributed by atoms with van der Waals surface area (Å²) in [5.74, 6) is 1.54. The molecule has 4 fully saturated rings. The van der Waals surface area contributed by atoms with Gasteiger partial charge in [-0.1, -0.05) is 6.92 Å². The van der Waals surface area contributed by atoms with Crippen LogP contribution in [0.5, 0.6) is 0 Å². The van der Waals surface area contributed by atoms with Crippen LogP contribution in [0.4, 0.5) is 0 Å². The van der Waals surface area contributed by atoms with Crippen LogP contribution >= 0.6 is 0 Å². The molecule has 2 heteroatoms. The molecule has 15 heavy (non-hydrogen) atoms. The van der Waals surface area contributed by atoms with Crippen molar-refractivity contribution in [1.82, 2.24) is 0 Å². The first-order valence-corrected chi connectivity index (χ1v) is 6.53. The quantitative estimate of drug-likeness (QED) is 0.731. The fourth-order valence-corrected chi connectivity index (χ4v) is 5.15. The second-order valence-electron chi connectivity index (χ2n) is 6.56. The molecule has 0 aromatic carbocycles. The van der Waals surface area contributed by atoms with Gasteiger partial charge in [0.2, 0.25) is 0 Å². The molecule has 0 amide bonds. The van der Waals surface area contributed by atoms with Crippen LogP contribution < -0.4 is 5.73 Å². The molecule has 2 nitrogen and oxygen atoms in total. The van der Waals surface area contributed by atoms with Gasteiger partial charge in [0.15, 0.2) is 0 Å². The smallest absolute Gasteiger partial charge is 0.0659 e. The predicted molar refractivity (Wildman–Crippen MR) is 60.3 cm³/mol. The van der Waals surface area contributed by atoms with Gasteiger partial charge >= 0.3 is 0 Å². The van der Waals surface area contributed by atoms with E-state index in [1.54, 1.807) is 0 Å². The maximum Gasteiger partial charge on any atom is 0.0659 e. The van der Waals surface area contributed by atoms with E-state index in [9.17, 15) is 5.11 Å². The molecular weight excluding hydrogens is 186 g/mol. The van der Waals surface area contributed by atoms with Crippen LogP contribution in [0, 0.1) is 17.3 Å². The standard InChI is InChI=1S/C13H23NO/c1-2-11(14)12-4-9-3-10(5-12)7-13(15,6-9)8-12/h9-11,15H,2-8,14H2,1H3/t9-,10+,11-,12?,13?/m1/s1. The molecule has 4 rings (SSSR count). The summed E-state index contributed by atoms with van der Waals surface area (Å²) in [6.45, 7) is 2.19. The van der Waals surface area contributed by atoms with Crippen LogP contribution in [-0.2, 0) is 0 Å². The van der Waals surface area contributed by atoms with Gasteiger partial charge in [0.05, 0.1) is 5.60 Å². The molecule has 86 valence electrons. The van der Waals surface area contributed by atoms with Gasteiger partial charge in [-0.25, -0.2) is 0 Å². The zero-order valence-corrected chi connectivity index (χ0v) is 9.71. The summed E-state index contributed by atoms with van der Waals surface area (Å²) < 4.78 is 0. The third-order valence-corrected chi connectivity index (χ3v) is 5.30. The first-order valence-electron chi connectivity index (χ1n) is 6.53. The molecule has 3 N–H and O–H groups in total. The highest BCUT2D eigenvalue weighted by Crippen LogP contribution is 2.62. The lowest BCUT2D eigenvalue weighted by molar-refractivity contribution is -0.170. The van der Waals surface area contributed by atoms with Gasteiger partial charge < -0.3 is 10.8 Å². The van der Waals surface area contributed by atoms with E-state index in [1.807, 2.05) is 0 Å².